The monoisotopic (exact) mass is 260 g/mol. The molecule has 2 atom stereocenters. The number of nitrogens with zero attached hydrogens (tertiary/aromatic N) is 1. The Balaban J connectivity index is 1.89. The Labute approximate surface area is 116 Å². The van der Waals surface area contributed by atoms with Crippen LogP contribution in [-0.4, -0.2) is 29.9 Å². The lowest BCUT2D eigenvalue weighted by molar-refractivity contribution is -0.134. The second kappa shape index (κ2) is 6.71. The number of likely N-dealkylation sites (tertiary alicyclic amines) is 1. The first kappa shape index (κ1) is 14.1. The van der Waals surface area contributed by atoms with Crippen LogP contribution < -0.4 is 5.32 Å². The molecule has 1 aromatic rings. The van der Waals surface area contributed by atoms with Gasteiger partial charge < -0.3 is 4.90 Å². The second-order valence-electron chi connectivity index (χ2n) is 5.41. The van der Waals surface area contributed by atoms with Crippen molar-refractivity contribution in [2.75, 3.05) is 13.1 Å². The molecule has 104 valence electrons. The zero-order valence-corrected chi connectivity index (χ0v) is 11.9. The van der Waals surface area contributed by atoms with Crippen LogP contribution in [0, 0.1) is 0 Å². The van der Waals surface area contributed by atoms with Gasteiger partial charge in [-0.2, -0.15) is 0 Å². The van der Waals surface area contributed by atoms with Crippen molar-refractivity contribution in [2.24, 2.45) is 0 Å². The van der Waals surface area contributed by atoms with Gasteiger partial charge in [-0.25, -0.2) is 0 Å². The summed E-state index contributed by atoms with van der Waals surface area (Å²) in [4.78, 5) is 14.3. The summed E-state index contributed by atoms with van der Waals surface area (Å²) in [6.45, 7) is 5.92. The van der Waals surface area contributed by atoms with E-state index < -0.39 is 0 Å². The zero-order chi connectivity index (χ0) is 13.7. The van der Waals surface area contributed by atoms with Gasteiger partial charge in [0, 0.05) is 19.1 Å². The van der Waals surface area contributed by atoms with Crippen molar-refractivity contribution in [3.63, 3.8) is 0 Å². The second-order valence-corrected chi connectivity index (χ2v) is 5.41. The van der Waals surface area contributed by atoms with Crippen molar-refractivity contribution in [2.45, 2.75) is 45.2 Å². The fourth-order valence-electron chi connectivity index (χ4n) is 2.67. The third-order valence-electron chi connectivity index (χ3n) is 3.84. The maximum atomic E-state index is 12.3. The molecular weight excluding hydrogens is 236 g/mol. The van der Waals surface area contributed by atoms with E-state index in [9.17, 15) is 4.79 Å². The summed E-state index contributed by atoms with van der Waals surface area (Å²) in [6.07, 6.45) is 3.55. The molecule has 1 aliphatic rings. The standard InChI is InChI=1S/C16H24N2O/c1-13(15-9-5-3-6-10-15)17-14(2)16(19)18-11-7-4-8-12-18/h3,5-6,9-10,13-14,17H,4,7-8,11-12H2,1-2H3/t13-,14?/m1/s1. The molecule has 1 unspecified atom stereocenters. The molecular formula is C16H24N2O. The largest absolute Gasteiger partial charge is 0.341 e. The smallest absolute Gasteiger partial charge is 0.239 e. The molecule has 3 heteroatoms. The zero-order valence-electron chi connectivity index (χ0n) is 11.9. The first-order valence-corrected chi connectivity index (χ1v) is 7.28. The Morgan fingerprint density at radius 2 is 1.74 bits per heavy atom. The van der Waals surface area contributed by atoms with Crippen LogP contribution in [0.2, 0.25) is 0 Å². The van der Waals surface area contributed by atoms with Crippen LogP contribution in [0.15, 0.2) is 30.3 Å². The number of carbonyl (C=O) groups is 1. The summed E-state index contributed by atoms with van der Waals surface area (Å²) < 4.78 is 0. The molecule has 1 heterocycles. The Bertz CT molecular complexity index is 398. The fourth-order valence-corrected chi connectivity index (χ4v) is 2.67. The van der Waals surface area contributed by atoms with Crippen molar-refractivity contribution >= 4 is 5.91 Å². The number of amides is 1. The van der Waals surface area contributed by atoms with E-state index in [0.29, 0.717) is 0 Å². The van der Waals surface area contributed by atoms with E-state index in [-0.39, 0.29) is 18.0 Å². The molecule has 1 aliphatic heterocycles. The maximum absolute atomic E-state index is 12.3. The molecule has 0 aromatic heterocycles. The van der Waals surface area contributed by atoms with Gasteiger partial charge in [0.2, 0.25) is 5.91 Å². The first-order chi connectivity index (χ1) is 9.18. The van der Waals surface area contributed by atoms with E-state index in [1.54, 1.807) is 0 Å². The topological polar surface area (TPSA) is 32.3 Å². The third-order valence-corrected chi connectivity index (χ3v) is 3.84. The number of carbonyl (C=O) groups excluding carboxylic acids is 1. The Morgan fingerprint density at radius 3 is 2.37 bits per heavy atom. The van der Waals surface area contributed by atoms with Gasteiger partial charge in [-0.3, -0.25) is 10.1 Å². The van der Waals surface area contributed by atoms with Crippen LogP contribution in [0.25, 0.3) is 0 Å². The van der Waals surface area contributed by atoms with Crippen LogP contribution in [0.1, 0.15) is 44.7 Å². The predicted octanol–water partition coefficient (Wildman–Crippen LogP) is 2.74. The van der Waals surface area contributed by atoms with Gasteiger partial charge in [-0.05, 0) is 38.7 Å². The minimum Gasteiger partial charge on any atom is -0.341 e. The maximum Gasteiger partial charge on any atom is 0.239 e. The molecule has 1 fully saturated rings. The highest BCUT2D eigenvalue weighted by atomic mass is 16.2. The molecule has 19 heavy (non-hydrogen) atoms. The molecule has 0 aliphatic carbocycles. The van der Waals surface area contributed by atoms with Crippen molar-refractivity contribution in [3.05, 3.63) is 35.9 Å². The Hall–Kier alpha value is -1.35. The lowest BCUT2D eigenvalue weighted by Crippen LogP contribution is -2.47. The molecule has 0 saturated carbocycles. The van der Waals surface area contributed by atoms with Gasteiger partial charge in [-0.15, -0.1) is 0 Å². The van der Waals surface area contributed by atoms with Crippen LogP contribution in [0.3, 0.4) is 0 Å². The molecule has 2 rings (SSSR count). The van der Waals surface area contributed by atoms with Crippen LogP contribution in [0.4, 0.5) is 0 Å². The van der Waals surface area contributed by atoms with E-state index in [4.69, 9.17) is 0 Å². The van der Waals surface area contributed by atoms with Gasteiger partial charge in [0.25, 0.3) is 0 Å². The van der Waals surface area contributed by atoms with E-state index in [1.165, 1.54) is 12.0 Å². The molecule has 0 bridgehead atoms. The summed E-state index contributed by atoms with van der Waals surface area (Å²) in [7, 11) is 0. The number of benzene rings is 1. The molecule has 1 saturated heterocycles. The molecule has 0 spiro atoms. The molecule has 1 amide bonds. The predicted molar refractivity (Wildman–Crippen MR) is 77.9 cm³/mol. The number of piperidine rings is 1. The third kappa shape index (κ3) is 3.80. The Kier molecular flexibility index (Phi) is 4.97. The SMILES string of the molecule is CC(N[C@H](C)c1ccccc1)C(=O)N1CCCCC1. The van der Waals surface area contributed by atoms with Gasteiger partial charge >= 0.3 is 0 Å². The van der Waals surface area contributed by atoms with Crippen molar-refractivity contribution in [3.8, 4) is 0 Å². The van der Waals surface area contributed by atoms with E-state index in [1.807, 2.05) is 30.0 Å². The fraction of sp³-hybridized carbons (Fsp3) is 0.562. The van der Waals surface area contributed by atoms with Gasteiger partial charge in [-0.1, -0.05) is 30.3 Å². The summed E-state index contributed by atoms with van der Waals surface area (Å²) in [5, 5.41) is 3.40. The lowest BCUT2D eigenvalue weighted by atomic mass is 10.1. The summed E-state index contributed by atoms with van der Waals surface area (Å²) in [5.74, 6) is 0.238. The van der Waals surface area contributed by atoms with E-state index >= 15 is 0 Å². The van der Waals surface area contributed by atoms with Crippen molar-refractivity contribution in [1.29, 1.82) is 0 Å². The number of hydrogen-bond acceptors (Lipinski definition) is 2. The highest BCUT2D eigenvalue weighted by Gasteiger charge is 2.23. The number of nitrogens with one attached hydrogen (secondary N) is 1. The highest BCUT2D eigenvalue weighted by Crippen LogP contribution is 2.14. The molecule has 3 nitrogen and oxygen atoms in total. The average molecular weight is 260 g/mol. The summed E-state index contributed by atoms with van der Waals surface area (Å²) >= 11 is 0. The van der Waals surface area contributed by atoms with Crippen LogP contribution in [0.5, 0.6) is 0 Å². The first-order valence-electron chi connectivity index (χ1n) is 7.28. The van der Waals surface area contributed by atoms with E-state index in [0.717, 1.165) is 25.9 Å². The minimum absolute atomic E-state index is 0.117. The number of hydrogen-bond donors (Lipinski definition) is 1. The molecule has 1 aromatic carbocycles. The molecule has 1 N–H and O–H groups in total. The quantitative estimate of drug-likeness (QED) is 0.903. The average Bonchev–Trinajstić information content (AvgIpc) is 2.48. The number of rotatable bonds is 4. The van der Waals surface area contributed by atoms with E-state index in [2.05, 4.69) is 24.4 Å². The lowest BCUT2D eigenvalue weighted by Gasteiger charge is -2.30. The molecule has 0 radical (unpaired) electrons. The normalized spacial score (nSPS) is 18.9. The van der Waals surface area contributed by atoms with Crippen LogP contribution in [-0.2, 0) is 4.79 Å². The van der Waals surface area contributed by atoms with Crippen molar-refractivity contribution in [1.82, 2.24) is 10.2 Å². The van der Waals surface area contributed by atoms with Crippen molar-refractivity contribution < 1.29 is 4.79 Å². The van der Waals surface area contributed by atoms with Gasteiger partial charge in [0.1, 0.15) is 0 Å². The highest BCUT2D eigenvalue weighted by molar-refractivity contribution is 5.81. The Morgan fingerprint density at radius 1 is 1.11 bits per heavy atom. The van der Waals surface area contributed by atoms with Gasteiger partial charge in [0.15, 0.2) is 0 Å². The minimum atomic E-state index is -0.117. The summed E-state index contributed by atoms with van der Waals surface area (Å²) in [5.41, 5.74) is 1.22. The van der Waals surface area contributed by atoms with Crippen LogP contribution >= 0.6 is 0 Å². The van der Waals surface area contributed by atoms with Gasteiger partial charge in [0.05, 0.1) is 6.04 Å². The summed E-state index contributed by atoms with van der Waals surface area (Å²) in [6, 6.07) is 10.3.